The zero-order chi connectivity index (χ0) is 13.1. The van der Waals surface area contributed by atoms with E-state index in [0.717, 1.165) is 16.9 Å². The van der Waals surface area contributed by atoms with Crippen molar-refractivity contribution in [2.24, 2.45) is 0 Å². The summed E-state index contributed by atoms with van der Waals surface area (Å²) in [4.78, 5) is 0. The summed E-state index contributed by atoms with van der Waals surface area (Å²) in [5.74, 6) is 0.433. The first-order chi connectivity index (χ1) is 8.54. The average molecular weight is 310 g/mol. The molecular formula is C14H13BrFNO. The Morgan fingerprint density at radius 1 is 1.22 bits per heavy atom. The minimum Gasteiger partial charge on any atom is -0.489 e. The van der Waals surface area contributed by atoms with E-state index in [1.54, 1.807) is 6.07 Å². The maximum Gasteiger partial charge on any atom is 0.124 e. The maximum absolute atomic E-state index is 13.2. The van der Waals surface area contributed by atoms with Crippen LogP contribution in [0.3, 0.4) is 0 Å². The van der Waals surface area contributed by atoms with Crippen molar-refractivity contribution in [1.29, 1.82) is 0 Å². The molecule has 2 aromatic rings. The van der Waals surface area contributed by atoms with Gasteiger partial charge in [-0.05, 0) is 42.3 Å². The molecule has 4 heteroatoms. The molecule has 2 nitrogen and oxygen atoms in total. The Balaban J connectivity index is 2.13. The molecule has 2 aromatic carbocycles. The summed E-state index contributed by atoms with van der Waals surface area (Å²) < 4.78 is 19.5. The van der Waals surface area contributed by atoms with Crippen LogP contribution < -0.4 is 10.5 Å². The summed E-state index contributed by atoms with van der Waals surface area (Å²) in [5.41, 5.74) is 8.11. The molecule has 0 fully saturated rings. The SMILES string of the molecule is Cc1ccc(N)cc1OCc1cc(F)cc(Br)c1. The van der Waals surface area contributed by atoms with Gasteiger partial charge in [-0.15, -0.1) is 0 Å². The van der Waals surface area contributed by atoms with Gasteiger partial charge in [0.15, 0.2) is 0 Å². The fourth-order valence-corrected chi connectivity index (χ4v) is 2.14. The van der Waals surface area contributed by atoms with Gasteiger partial charge in [-0.1, -0.05) is 22.0 Å². The molecule has 94 valence electrons. The number of hydrogen-bond acceptors (Lipinski definition) is 2. The zero-order valence-electron chi connectivity index (χ0n) is 9.91. The molecule has 0 amide bonds. The second-order valence-electron chi connectivity index (χ2n) is 4.09. The Hall–Kier alpha value is -1.55. The molecule has 0 atom stereocenters. The van der Waals surface area contributed by atoms with E-state index in [4.69, 9.17) is 10.5 Å². The van der Waals surface area contributed by atoms with Crippen molar-refractivity contribution in [3.05, 3.63) is 57.8 Å². The van der Waals surface area contributed by atoms with Crippen molar-refractivity contribution in [2.45, 2.75) is 13.5 Å². The van der Waals surface area contributed by atoms with Gasteiger partial charge in [0.2, 0.25) is 0 Å². The van der Waals surface area contributed by atoms with E-state index in [9.17, 15) is 4.39 Å². The molecule has 0 aliphatic heterocycles. The standard InChI is InChI=1S/C14H13BrFNO/c1-9-2-3-13(17)7-14(9)18-8-10-4-11(15)6-12(16)5-10/h2-7H,8,17H2,1H3. The largest absolute Gasteiger partial charge is 0.489 e. The van der Waals surface area contributed by atoms with Gasteiger partial charge in [-0.3, -0.25) is 0 Å². The second-order valence-corrected chi connectivity index (χ2v) is 5.01. The minimum atomic E-state index is -0.285. The van der Waals surface area contributed by atoms with Gasteiger partial charge in [0.25, 0.3) is 0 Å². The van der Waals surface area contributed by atoms with Gasteiger partial charge in [-0.2, -0.15) is 0 Å². The Morgan fingerprint density at radius 3 is 2.72 bits per heavy atom. The molecule has 0 aliphatic carbocycles. The Labute approximate surface area is 114 Å². The third kappa shape index (κ3) is 3.23. The van der Waals surface area contributed by atoms with Gasteiger partial charge in [-0.25, -0.2) is 4.39 Å². The van der Waals surface area contributed by atoms with Crippen molar-refractivity contribution in [3.8, 4) is 5.75 Å². The lowest BCUT2D eigenvalue weighted by atomic mass is 10.2. The fourth-order valence-electron chi connectivity index (χ4n) is 1.63. The molecular weight excluding hydrogens is 297 g/mol. The Morgan fingerprint density at radius 2 is 2.00 bits per heavy atom. The van der Waals surface area contributed by atoms with Crippen LogP contribution in [0, 0.1) is 12.7 Å². The summed E-state index contributed by atoms with van der Waals surface area (Å²) >= 11 is 3.25. The molecule has 0 heterocycles. The zero-order valence-corrected chi connectivity index (χ0v) is 11.5. The molecule has 18 heavy (non-hydrogen) atoms. The molecule has 0 saturated heterocycles. The normalized spacial score (nSPS) is 10.4. The molecule has 0 saturated carbocycles. The van der Waals surface area contributed by atoms with Crippen LogP contribution in [0.25, 0.3) is 0 Å². The predicted molar refractivity (Wildman–Crippen MR) is 74.0 cm³/mol. The highest BCUT2D eigenvalue weighted by molar-refractivity contribution is 9.10. The number of benzene rings is 2. The number of ether oxygens (including phenoxy) is 1. The average Bonchev–Trinajstić information content (AvgIpc) is 2.29. The van der Waals surface area contributed by atoms with Crippen LogP contribution in [0.1, 0.15) is 11.1 Å². The van der Waals surface area contributed by atoms with E-state index < -0.39 is 0 Å². The first kappa shape index (κ1) is 12.9. The first-order valence-corrected chi connectivity index (χ1v) is 6.28. The third-order valence-corrected chi connectivity index (χ3v) is 2.99. The van der Waals surface area contributed by atoms with Crippen molar-refractivity contribution in [3.63, 3.8) is 0 Å². The van der Waals surface area contributed by atoms with Gasteiger partial charge in [0.05, 0.1) is 0 Å². The van der Waals surface area contributed by atoms with Crippen LogP contribution in [0.15, 0.2) is 40.9 Å². The van der Waals surface area contributed by atoms with E-state index in [0.29, 0.717) is 16.8 Å². The predicted octanol–water partition coefficient (Wildman–Crippen LogP) is 4.06. The topological polar surface area (TPSA) is 35.2 Å². The van der Waals surface area contributed by atoms with Crippen molar-refractivity contribution >= 4 is 21.6 Å². The lowest BCUT2D eigenvalue weighted by molar-refractivity contribution is 0.303. The quantitative estimate of drug-likeness (QED) is 0.868. The van der Waals surface area contributed by atoms with Crippen LogP contribution in [-0.4, -0.2) is 0 Å². The Bertz CT molecular complexity index is 551. The molecule has 0 aromatic heterocycles. The highest BCUT2D eigenvalue weighted by Crippen LogP contribution is 2.23. The number of nitrogens with two attached hydrogens (primary N) is 1. The van der Waals surface area contributed by atoms with Crippen molar-refractivity contribution < 1.29 is 9.13 Å². The summed E-state index contributed by atoms with van der Waals surface area (Å²) in [6, 6.07) is 10.2. The molecule has 0 bridgehead atoms. The first-order valence-electron chi connectivity index (χ1n) is 5.48. The van der Waals surface area contributed by atoms with E-state index in [-0.39, 0.29) is 5.82 Å². The number of nitrogen functional groups attached to an aromatic ring is 1. The van der Waals surface area contributed by atoms with Crippen LogP contribution in [-0.2, 0) is 6.61 Å². The highest BCUT2D eigenvalue weighted by atomic mass is 79.9. The number of hydrogen-bond donors (Lipinski definition) is 1. The number of rotatable bonds is 3. The number of halogens is 2. The Kier molecular flexibility index (Phi) is 3.87. The molecule has 0 radical (unpaired) electrons. The molecule has 2 rings (SSSR count). The molecule has 0 unspecified atom stereocenters. The van der Waals surface area contributed by atoms with E-state index >= 15 is 0 Å². The smallest absolute Gasteiger partial charge is 0.124 e. The van der Waals surface area contributed by atoms with Crippen LogP contribution >= 0.6 is 15.9 Å². The summed E-state index contributed by atoms with van der Waals surface area (Å²) in [7, 11) is 0. The molecule has 0 aliphatic rings. The van der Waals surface area contributed by atoms with Crippen LogP contribution in [0.5, 0.6) is 5.75 Å². The van der Waals surface area contributed by atoms with Crippen LogP contribution in [0.2, 0.25) is 0 Å². The minimum absolute atomic E-state index is 0.285. The van der Waals surface area contributed by atoms with E-state index in [1.807, 2.05) is 25.1 Å². The third-order valence-electron chi connectivity index (χ3n) is 2.53. The fraction of sp³-hybridized carbons (Fsp3) is 0.143. The van der Waals surface area contributed by atoms with Gasteiger partial charge in [0, 0.05) is 16.2 Å². The summed E-state index contributed by atoms with van der Waals surface area (Å²) in [5, 5.41) is 0. The molecule has 0 spiro atoms. The second kappa shape index (κ2) is 5.40. The highest BCUT2D eigenvalue weighted by Gasteiger charge is 2.03. The lowest BCUT2D eigenvalue weighted by Crippen LogP contribution is -1.98. The van der Waals surface area contributed by atoms with Gasteiger partial charge < -0.3 is 10.5 Å². The maximum atomic E-state index is 13.2. The van der Waals surface area contributed by atoms with Crippen molar-refractivity contribution in [1.82, 2.24) is 0 Å². The molecule has 2 N–H and O–H groups in total. The number of aryl methyl sites for hydroxylation is 1. The van der Waals surface area contributed by atoms with Crippen LogP contribution in [0.4, 0.5) is 10.1 Å². The number of anilines is 1. The summed E-state index contributed by atoms with van der Waals surface area (Å²) in [6.45, 7) is 2.25. The van der Waals surface area contributed by atoms with Gasteiger partial charge in [0.1, 0.15) is 18.2 Å². The van der Waals surface area contributed by atoms with Gasteiger partial charge >= 0.3 is 0 Å². The van der Waals surface area contributed by atoms with Crippen molar-refractivity contribution in [2.75, 3.05) is 5.73 Å². The summed E-state index contributed by atoms with van der Waals surface area (Å²) in [6.07, 6.45) is 0. The lowest BCUT2D eigenvalue weighted by Gasteiger charge is -2.10. The van der Waals surface area contributed by atoms with E-state index in [1.165, 1.54) is 12.1 Å². The monoisotopic (exact) mass is 309 g/mol. The van der Waals surface area contributed by atoms with E-state index in [2.05, 4.69) is 15.9 Å².